The molecule has 1 aliphatic heterocycles. The van der Waals surface area contributed by atoms with Gasteiger partial charge in [0.05, 0.1) is 28.5 Å². The number of hydrogen-bond donors (Lipinski definition) is 2. The molecule has 0 radical (unpaired) electrons. The summed E-state index contributed by atoms with van der Waals surface area (Å²) in [5, 5.41) is 8.93. The number of hydrogen-bond acceptors (Lipinski definition) is 5. The summed E-state index contributed by atoms with van der Waals surface area (Å²) < 4.78 is 1.81. The molecular weight excluding hydrogens is 376 g/mol. The summed E-state index contributed by atoms with van der Waals surface area (Å²) in [6, 6.07) is 7.86. The van der Waals surface area contributed by atoms with Crippen LogP contribution >= 0.6 is 0 Å². The first-order valence-electron chi connectivity index (χ1n) is 10.6. The molecule has 1 saturated heterocycles. The van der Waals surface area contributed by atoms with Gasteiger partial charge in [-0.2, -0.15) is 5.10 Å². The van der Waals surface area contributed by atoms with Crippen LogP contribution in [-0.4, -0.2) is 36.6 Å². The Morgan fingerprint density at radius 1 is 1.17 bits per heavy atom. The summed E-state index contributed by atoms with van der Waals surface area (Å²) in [5.74, 6) is 1.15. The fourth-order valence-corrected chi connectivity index (χ4v) is 4.82. The summed E-state index contributed by atoms with van der Waals surface area (Å²) in [7, 11) is 0. The molecule has 6 rings (SSSR count). The van der Waals surface area contributed by atoms with E-state index in [2.05, 4.69) is 15.3 Å². The number of nitrogens with one attached hydrogen (secondary N) is 2. The molecule has 1 saturated carbocycles. The second-order valence-electron chi connectivity index (χ2n) is 8.94. The molecule has 2 fully saturated rings. The molecule has 7 nitrogen and oxygen atoms in total. The van der Waals surface area contributed by atoms with Gasteiger partial charge in [-0.1, -0.05) is 6.07 Å². The van der Waals surface area contributed by atoms with E-state index in [9.17, 15) is 4.79 Å². The van der Waals surface area contributed by atoms with Gasteiger partial charge in [-0.25, -0.2) is 14.5 Å². The monoisotopic (exact) mass is 400 g/mol. The number of aromatic amines is 1. The molecule has 1 aromatic carbocycles. The molecule has 7 heteroatoms. The number of benzene rings is 1. The second-order valence-corrected chi connectivity index (χ2v) is 8.94. The summed E-state index contributed by atoms with van der Waals surface area (Å²) in [5.41, 5.74) is 5.53. The molecule has 3 aromatic heterocycles. The number of nitrogens with zero attached hydrogens (tertiary/aromatic N) is 4. The van der Waals surface area contributed by atoms with E-state index in [1.54, 1.807) is 4.52 Å². The maximum Gasteiger partial charge on any atom is 0.258 e. The topological polar surface area (TPSA) is 88.0 Å². The molecule has 0 bridgehead atoms. The quantitative estimate of drug-likeness (QED) is 0.539. The van der Waals surface area contributed by atoms with Crippen molar-refractivity contribution in [2.45, 2.75) is 51.0 Å². The van der Waals surface area contributed by atoms with Gasteiger partial charge in [0.25, 0.3) is 5.56 Å². The predicted molar refractivity (Wildman–Crippen MR) is 116 cm³/mol. The lowest BCUT2D eigenvalue weighted by atomic mass is 9.90. The number of rotatable bonds is 2. The van der Waals surface area contributed by atoms with Crippen molar-refractivity contribution in [1.82, 2.24) is 29.9 Å². The number of imidazole rings is 1. The fraction of sp³-hybridized carbons (Fsp3) is 0.391. The van der Waals surface area contributed by atoms with Crippen molar-refractivity contribution in [2.75, 3.05) is 6.54 Å². The molecular formula is C23H24N6O. The van der Waals surface area contributed by atoms with Crippen LogP contribution in [0.3, 0.4) is 0 Å². The summed E-state index contributed by atoms with van der Waals surface area (Å²) in [6.07, 6.45) is 6.46. The molecule has 1 unspecified atom stereocenters. The Kier molecular flexibility index (Phi) is 3.68. The molecule has 30 heavy (non-hydrogen) atoms. The van der Waals surface area contributed by atoms with E-state index < -0.39 is 0 Å². The molecule has 0 amide bonds. The number of aromatic nitrogens is 5. The van der Waals surface area contributed by atoms with Gasteiger partial charge in [0.1, 0.15) is 5.82 Å². The van der Waals surface area contributed by atoms with Crippen molar-refractivity contribution < 1.29 is 0 Å². The van der Waals surface area contributed by atoms with Crippen LogP contribution in [0.1, 0.15) is 48.7 Å². The average molecular weight is 400 g/mol. The van der Waals surface area contributed by atoms with Gasteiger partial charge in [-0.05, 0) is 69.8 Å². The van der Waals surface area contributed by atoms with Crippen molar-refractivity contribution in [3.05, 3.63) is 57.9 Å². The average Bonchev–Trinajstić information content (AvgIpc) is 3.35. The van der Waals surface area contributed by atoms with Crippen LogP contribution in [0.15, 0.2) is 35.3 Å². The number of fused-ring (bicyclic) bond motifs is 2. The van der Waals surface area contributed by atoms with Crippen molar-refractivity contribution in [3.63, 3.8) is 0 Å². The third kappa shape index (κ3) is 2.84. The minimum absolute atomic E-state index is 0.0727. The third-order valence-corrected chi connectivity index (χ3v) is 6.62. The highest BCUT2D eigenvalue weighted by molar-refractivity contribution is 5.83. The second kappa shape index (κ2) is 6.22. The zero-order chi connectivity index (χ0) is 20.5. The van der Waals surface area contributed by atoms with E-state index in [0.29, 0.717) is 16.8 Å². The van der Waals surface area contributed by atoms with Crippen molar-refractivity contribution in [3.8, 4) is 11.3 Å². The molecule has 1 spiro atoms. The highest BCUT2D eigenvalue weighted by Crippen LogP contribution is 2.46. The molecule has 152 valence electrons. The standard InChI is InChI=1S/C23H24N6O/c1-13-9-19(28-29-12-14(2)25-21(13)29)15-3-4-18-17(10-15)22(30)27-20(26-18)16-5-8-24-23(11-16)6-7-23/h3-4,9-10,12,16,24H,5-8,11H2,1-2H3,(H,26,27,30). The van der Waals surface area contributed by atoms with Crippen molar-refractivity contribution >= 4 is 16.6 Å². The number of H-pyrrole nitrogens is 1. The highest BCUT2D eigenvalue weighted by Gasteiger charge is 2.46. The largest absolute Gasteiger partial charge is 0.311 e. The van der Waals surface area contributed by atoms with Crippen LogP contribution < -0.4 is 10.9 Å². The smallest absolute Gasteiger partial charge is 0.258 e. The maximum atomic E-state index is 12.9. The van der Waals surface area contributed by atoms with Crippen LogP contribution in [0.4, 0.5) is 0 Å². The van der Waals surface area contributed by atoms with Gasteiger partial charge in [-0.15, -0.1) is 0 Å². The first-order chi connectivity index (χ1) is 14.5. The van der Waals surface area contributed by atoms with Gasteiger partial charge in [0.15, 0.2) is 5.65 Å². The Bertz CT molecular complexity index is 1360. The lowest BCUT2D eigenvalue weighted by Crippen LogP contribution is -2.39. The minimum Gasteiger partial charge on any atom is -0.311 e. The van der Waals surface area contributed by atoms with Gasteiger partial charge >= 0.3 is 0 Å². The molecule has 4 aromatic rings. The first kappa shape index (κ1) is 17.8. The van der Waals surface area contributed by atoms with Gasteiger partial charge in [0, 0.05) is 17.0 Å². The maximum absolute atomic E-state index is 12.9. The van der Waals surface area contributed by atoms with E-state index >= 15 is 0 Å². The molecule has 1 aliphatic carbocycles. The summed E-state index contributed by atoms with van der Waals surface area (Å²) in [4.78, 5) is 25.4. The Morgan fingerprint density at radius 3 is 2.87 bits per heavy atom. The molecule has 2 aliphatic rings. The van der Waals surface area contributed by atoms with E-state index in [1.165, 1.54) is 12.8 Å². The van der Waals surface area contributed by atoms with Crippen LogP contribution in [0.2, 0.25) is 0 Å². The SMILES string of the molecule is Cc1cn2nc(-c3ccc4nc(C5CCNC6(CC6)C5)[nH]c(=O)c4c3)cc(C)c2n1. The fourth-order valence-electron chi connectivity index (χ4n) is 4.82. The van der Waals surface area contributed by atoms with E-state index in [4.69, 9.17) is 10.1 Å². The Balaban J connectivity index is 1.41. The van der Waals surface area contributed by atoms with E-state index in [1.807, 2.05) is 44.3 Å². The van der Waals surface area contributed by atoms with Crippen LogP contribution in [-0.2, 0) is 0 Å². The molecule has 1 atom stereocenters. The van der Waals surface area contributed by atoms with Crippen LogP contribution in [0.5, 0.6) is 0 Å². The number of piperidine rings is 1. The predicted octanol–water partition coefficient (Wildman–Crippen LogP) is 3.25. The lowest BCUT2D eigenvalue weighted by molar-refractivity contribution is 0.337. The van der Waals surface area contributed by atoms with E-state index in [0.717, 1.165) is 58.9 Å². The highest BCUT2D eigenvalue weighted by atomic mass is 16.1. The van der Waals surface area contributed by atoms with Gasteiger partial charge < -0.3 is 10.3 Å². The Morgan fingerprint density at radius 2 is 2.03 bits per heavy atom. The summed E-state index contributed by atoms with van der Waals surface area (Å²) >= 11 is 0. The summed E-state index contributed by atoms with van der Waals surface area (Å²) in [6.45, 7) is 4.98. The molecule has 2 N–H and O–H groups in total. The molecule has 4 heterocycles. The van der Waals surface area contributed by atoms with Crippen molar-refractivity contribution in [2.24, 2.45) is 0 Å². The zero-order valence-corrected chi connectivity index (χ0v) is 17.2. The van der Waals surface area contributed by atoms with Gasteiger partial charge in [-0.3, -0.25) is 4.79 Å². The van der Waals surface area contributed by atoms with Crippen molar-refractivity contribution in [1.29, 1.82) is 0 Å². The Hall–Kier alpha value is -3.06. The third-order valence-electron chi connectivity index (χ3n) is 6.62. The van der Waals surface area contributed by atoms with Crippen LogP contribution in [0, 0.1) is 13.8 Å². The first-order valence-corrected chi connectivity index (χ1v) is 10.6. The van der Waals surface area contributed by atoms with Gasteiger partial charge in [0.2, 0.25) is 0 Å². The van der Waals surface area contributed by atoms with E-state index in [-0.39, 0.29) is 5.56 Å². The lowest BCUT2D eigenvalue weighted by Gasteiger charge is -2.29. The Labute approximate surface area is 173 Å². The van der Waals surface area contributed by atoms with Crippen LogP contribution in [0.25, 0.3) is 27.8 Å². The number of aryl methyl sites for hydroxylation is 2. The minimum atomic E-state index is -0.0727. The normalized spacial score (nSPS) is 20.3. The zero-order valence-electron chi connectivity index (χ0n) is 17.2.